The van der Waals surface area contributed by atoms with Gasteiger partial charge in [0.1, 0.15) is 18.0 Å². The second-order valence-corrected chi connectivity index (χ2v) is 12.9. The van der Waals surface area contributed by atoms with E-state index in [2.05, 4.69) is 34.6 Å². The number of imidazole rings is 1. The van der Waals surface area contributed by atoms with Gasteiger partial charge in [-0.15, -0.1) is 13.2 Å². The van der Waals surface area contributed by atoms with Gasteiger partial charge >= 0.3 is 0 Å². The first kappa shape index (κ1) is 20.6. The molecule has 0 spiro atoms. The van der Waals surface area contributed by atoms with E-state index in [1.54, 1.807) is 11.5 Å². The summed E-state index contributed by atoms with van der Waals surface area (Å²) in [4.78, 5) is 23.6. The van der Waals surface area contributed by atoms with Crippen LogP contribution in [0, 0.1) is 12.8 Å². The zero-order valence-electron chi connectivity index (χ0n) is 16.2. The average Bonchev–Trinajstić information content (AvgIpc) is 3.04. The molecule has 0 aromatic carbocycles. The Morgan fingerprint density at radius 2 is 2.04 bits per heavy atom. The molecule has 1 unspecified atom stereocenters. The van der Waals surface area contributed by atoms with Gasteiger partial charge in [-0.1, -0.05) is 18.7 Å². The van der Waals surface area contributed by atoms with Crippen LogP contribution in [0.5, 0.6) is 0 Å². The van der Waals surface area contributed by atoms with Crippen LogP contribution in [0.2, 0.25) is 0 Å². The largest absolute Gasteiger partial charge is 0.388 e. The number of thioether (sulfide) groups is 1. The molecule has 0 radical (unpaired) electrons. The fourth-order valence-electron chi connectivity index (χ4n) is 3.70. The van der Waals surface area contributed by atoms with Crippen LogP contribution < -0.4 is 5.56 Å². The Bertz CT molecular complexity index is 952. The van der Waals surface area contributed by atoms with E-state index in [-0.39, 0.29) is 17.0 Å². The van der Waals surface area contributed by atoms with E-state index >= 15 is 0 Å². The number of aromatic amines is 1. The number of nitrogens with zero attached hydrogens (tertiary/aromatic N) is 3. The number of aliphatic hydroxyl groups excluding tert-OH is 2. The predicted molar refractivity (Wildman–Crippen MR) is 111 cm³/mol. The molecule has 2 aromatic heterocycles. The smallest absolute Gasteiger partial charge is 0.279 e. The first-order valence-electron chi connectivity index (χ1n) is 8.75. The molecule has 1 aliphatic heterocycles. The minimum Gasteiger partial charge on any atom is -0.388 e. The summed E-state index contributed by atoms with van der Waals surface area (Å²) in [6.07, 6.45) is 3.32. The zero-order chi connectivity index (χ0) is 20.1. The lowest BCUT2D eigenvalue weighted by Crippen LogP contribution is -2.36. The monoisotopic (exact) mass is 414 g/mol. The quantitative estimate of drug-likeness (QED) is 0.496. The Labute approximate surface area is 162 Å². The van der Waals surface area contributed by atoms with E-state index in [0.717, 1.165) is 6.16 Å². The topological polar surface area (TPSA) is 113 Å². The van der Waals surface area contributed by atoms with Gasteiger partial charge in [-0.25, -0.2) is 9.97 Å². The van der Waals surface area contributed by atoms with Crippen molar-refractivity contribution in [3.05, 3.63) is 16.2 Å². The molecule has 3 rings (SSSR count). The number of H-pyrrole nitrogens is 1. The van der Waals surface area contributed by atoms with Gasteiger partial charge in [-0.05, 0) is 38.6 Å². The number of aromatic nitrogens is 4. The number of hydrogen-bond donors (Lipinski definition) is 3. The van der Waals surface area contributed by atoms with Crippen LogP contribution >= 0.6 is 18.6 Å². The number of nitrogens with one attached hydrogen (secondary N) is 1. The molecule has 0 aliphatic carbocycles. The molecule has 5 atom stereocenters. The highest BCUT2D eigenvalue weighted by atomic mass is 32.2. The molecule has 150 valence electrons. The number of aryl methyl sites for hydroxylation is 1. The van der Waals surface area contributed by atoms with Crippen LogP contribution in [0.25, 0.3) is 11.2 Å². The lowest BCUT2D eigenvalue weighted by atomic mass is 10.0. The standard InChI is InChI=1S/C17H27N4O4PS/c1-8(7-26(3,4)5)13-11(22)12(23)16(25-13)21-14-10(20-17(21)27-6)15(24)19-9(2)18-14/h8,11-13,16,22-23H,3,7H2,1-2,4-6H3,(H,18,19,24)/t8?,11-,12+,13+,16+/m0/s1. The predicted octanol–water partition coefficient (Wildman–Crippen LogP) is 1.11. The first-order chi connectivity index (χ1) is 12.5. The van der Waals surface area contributed by atoms with Crippen LogP contribution in [-0.2, 0) is 4.74 Å². The van der Waals surface area contributed by atoms with E-state index in [9.17, 15) is 15.0 Å². The molecule has 3 N–H and O–H groups in total. The van der Waals surface area contributed by atoms with Crippen molar-refractivity contribution in [1.29, 1.82) is 0 Å². The summed E-state index contributed by atoms with van der Waals surface area (Å²) >= 11 is 1.33. The fraction of sp³-hybridized carbons (Fsp3) is 0.647. The summed E-state index contributed by atoms with van der Waals surface area (Å²) in [6.45, 7) is 6.63. The molecule has 0 saturated carbocycles. The summed E-state index contributed by atoms with van der Waals surface area (Å²) < 4.78 is 7.73. The van der Waals surface area contributed by atoms with Gasteiger partial charge in [0.05, 0.1) is 6.10 Å². The average molecular weight is 414 g/mol. The summed E-state index contributed by atoms with van der Waals surface area (Å²) in [5, 5.41) is 21.8. The number of ether oxygens (including phenoxy) is 1. The van der Waals surface area contributed by atoms with E-state index in [0.29, 0.717) is 16.6 Å². The molecule has 1 saturated heterocycles. The molecule has 3 heterocycles. The minimum absolute atomic E-state index is 0.0334. The Morgan fingerprint density at radius 3 is 2.63 bits per heavy atom. The highest BCUT2D eigenvalue weighted by Gasteiger charge is 2.47. The van der Waals surface area contributed by atoms with Gasteiger partial charge in [-0.3, -0.25) is 9.36 Å². The molecule has 1 fully saturated rings. The third kappa shape index (κ3) is 3.89. The lowest BCUT2D eigenvalue weighted by Gasteiger charge is -2.26. The van der Waals surface area contributed by atoms with Crippen molar-refractivity contribution in [2.75, 3.05) is 25.7 Å². The zero-order valence-corrected chi connectivity index (χ0v) is 17.9. The molecular weight excluding hydrogens is 387 g/mol. The Hall–Kier alpha value is -1.12. The van der Waals surface area contributed by atoms with E-state index in [1.807, 2.05) is 13.2 Å². The third-order valence-corrected chi connectivity index (χ3v) is 6.91. The maximum atomic E-state index is 12.2. The highest BCUT2D eigenvalue weighted by Crippen LogP contribution is 2.43. The number of hydrogen-bond acceptors (Lipinski definition) is 7. The summed E-state index contributed by atoms with van der Waals surface area (Å²) in [6, 6.07) is 0. The molecule has 2 aromatic rings. The van der Waals surface area contributed by atoms with Crippen LogP contribution in [0.4, 0.5) is 0 Å². The number of rotatable bonds is 5. The van der Waals surface area contributed by atoms with Crippen LogP contribution in [-0.4, -0.2) is 80.1 Å². The van der Waals surface area contributed by atoms with Gasteiger partial charge in [0.25, 0.3) is 5.56 Å². The normalized spacial score (nSPS) is 27.4. The highest BCUT2D eigenvalue weighted by molar-refractivity contribution is 7.98. The summed E-state index contributed by atoms with van der Waals surface area (Å²) in [7, 11) is 0. The van der Waals surface area contributed by atoms with Crippen molar-refractivity contribution in [2.24, 2.45) is 5.92 Å². The maximum Gasteiger partial charge on any atom is 0.279 e. The van der Waals surface area contributed by atoms with E-state index in [4.69, 9.17) is 4.74 Å². The van der Waals surface area contributed by atoms with Crippen molar-refractivity contribution >= 4 is 36.1 Å². The molecule has 8 nitrogen and oxygen atoms in total. The summed E-state index contributed by atoms with van der Waals surface area (Å²) in [5.41, 5.74) is 0.194. The minimum atomic E-state index is -1.32. The maximum absolute atomic E-state index is 12.2. The molecule has 0 bridgehead atoms. The van der Waals surface area contributed by atoms with Gasteiger partial charge in [0.2, 0.25) is 0 Å². The van der Waals surface area contributed by atoms with E-state index < -0.39 is 31.4 Å². The molecule has 1 aliphatic rings. The molecule has 27 heavy (non-hydrogen) atoms. The molecular formula is C17H27N4O4PS. The summed E-state index contributed by atoms with van der Waals surface area (Å²) in [5.74, 6) is 0.481. The second-order valence-electron chi connectivity index (χ2n) is 7.86. The number of aliphatic hydroxyl groups is 2. The van der Waals surface area contributed by atoms with Crippen molar-refractivity contribution < 1.29 is 14.9 Å². The number of fused-ring (bicyclic) bond motifs is 1. The van der Waals surface area contributed by atoms with Crippen LogP contribution in [0.1, 0.15) is 19.0 Å². The molecule has 10 heteroatoms. The van der Waals surface area contributed by atoms with Crippen LogP contribution in [0.15, 0.2) is 9.95 Å². The third-order valence-electron chi connectivity index (χ3n) is 4.69. The SMILES string of the molecule is C=P(C)(C)CC(C)[C@H]1O[C@@H](n2c(SC)nc3c(=O)[nH]c(C)nc32)[C@H](O)[C@@H]1O. The van der Waals surface area contributed by atoms with E-state index in [1.165, 1.54) is 11.8 Å². The van der Waals surface area contributed by atoms with Gasteiger partial charge in [0, 0.05) is 0 Å². The lowest BCUT2D eigenvalue weighted by molar-refractivity contribution is -0.0527. The second kappa shape index (κ2) is 7.37. The van der Waals surface area contributed by atoms with Gasteiger partial charge in [0.15, 0.2) is 22.5 Å². The first-order valence-corrected chi connectivity index (χ1v) is 13.0. The van der Waals surface area contributed by atoms with Crippen LogP contribution in [0.3, 0.4) is 0 Å². The van der Waals surface area contributed by atoms with Gasteiger partial charge < -0.3 is 19.9 Å². The van der Waals surface area contributed by atoms with Crippen molar-refractivity contribution in [1.82, 2.24) is 19.5 Å². The molecule has 0 amide bonds. The Kier molecular flexibility index (Phi) is 5.62. The van der Waals surface area contributed by atoms with Crippen molar-refractivity contribution in [2.45, 2.75) is 43.5 Å². The van der Waals surface area contributed by atoms with Crippen molar-refractivity contribution in [3.8, 4) is 0 Å². The van der Waals surface area contributed by atoms with Gasteiger partial charge in [-0.2, -0.15) is 0 Å². The fourth-order valence-corrected chi connectivity index (χ4v) is 6.04. The Balaban J connectivity index is 2.04. The Morgan fingerprint density at radius 1 is 1.37 bits per heavy atom. The van der Waals surface area contributed by atoms with Crippen molar-refractivity contribution in [3.63, 3.8) is 0 Å².